The Kier molecular flexibility index (Phi) is 4.48. The maximum atomic E-state index is 4.38. The van der Waals surface area contributed by atoms with Gasteiger partial charge in [0.25, 0.3) is 0 Å². The van der Waals surface area contributed by atoms with Crippen LogP contribution in [-0.2, 0) is 6.42 Å². The summed E-state index contributed by atoms with van der Waals surface area (Å²) in [6.07, 6.45) is 0.997. The Morgan fingerprint density at radius 1 is 1.43 bits per heavy atom. The van der Waals surface area contributed by atoms with Crippen molar-refractivity contribution in [1.82, 2.24) is 14.7 Å². The molecule has 0 spiro atoms. The van der Waals surface area contributed by atoms with E-state index in [1.165, 1.54) is 11.5 Å². The average molecular weight is 213 g/mol. The zero-order chi connectivity index (χ0) is 10.6. The van der Waals surface area contributed by atoms with Crippen molar-refractivity contribution in [2.24, 2.45) is 5.92 Å². The molecule has 0 aromatic carbocycles. The lowest BCUT2D eigenvalue weighted by Crippen LogP contribution is -2.35. The van der Waals surface area contributed by atoms with Crippen molar-refractivity contribution in [3.05, 3.63) is 10.8 Å². The Labute approximate surface area is 90.1 Å². The van der Waals surface area contributed by atoms with Gasteiger partial charge in [-0.2, -0.15) is 4.37 Å². The molecule has 3 nitrogen and oxygen atoms in total. The van der Waals surface area contributed by atoms with Crippen LogP contribution < -0.4 is 5.32 Å². The largest absolute Gasteiger partial charge is 0.314 e. The van der Waals surface area contributed by atoms with Gasteiger partial charge in [-0.3, -0.25) is 0 Å². The lowest BCUT2D eigenvalue weighted by molar-refractivity contribution is 0.405. The van der Waals surface area contributed by atoms with Gasteiger partial charge in [0.1, 0.15) is 10.8 Å². The average Bonchev–Trinajstić information content (AvgIpc) is 2.50. The van der Waals surface area contributed by atoms with Crippen molar-refractivity contribution in [1.29, 1.82) is 0 Å². The van der Waals surface area contributed by atoms with Gasteiger partial charge in [0, 0.05) is 12.5 Å². The molecule has 80 valence electrons. The molecule has 1 rings (SSSR count). The highest BCUT2D eigenvalue weighted by Crippen LogP contribution is 2.12. The Hall–Kier alpha value is -0.480. The minimum absolute atomic E-state index is 0.521. The van der Waals surface area contributed by atoms with Gasteiger partial charge < -0.3 is 5.32 Å². The molecule has 1 unspecified atom stereocenters. The maximum absolute atomic E-state index is 4.38. The Morgan fingerprint density at radius 3 is 2.57 bits per heavy atom. The van der Waals surface area contributed by atoms with Crippen molar-refractivity contribution in [2.75, 3.05) is 6.54 Å². The van der Waals surface area contributed by atoms with Crippen molar-refractivity contribution < 1.29 is 0 Å². The molecular formula is C10H19N3S. The summed E-state index contributed by atoms with van der Waals surface area (Å²) in [6.45, 7) is 9.57. The quantitative estimate of drug-likeness (QED) is 0.813. The van der Waals surface area contributed by atoms with E-state index in [1.807, 2.05) is 6.92 Å². The Morgan fingerprint density at radius 2 is 2.14 bits per heavy atom. The fourth-order valence-corrected chi connectivity index (χ4v) is 2.12. The summed E-state index contributed by atoms with van der Waals surface area (Å²) in [5, 5.41) is 4.62. The molecular weight excluding hydrogens is 194 g/mol. The smallest absolute Gasteiger partial charge is 0.139 e. The highest BCUT2D eigenvalue weighted by Gasteiger charge is 2.14. The zero-order valence-corrected chi connectivity index (χ0v) is 10.2. The van der Waals surface area contributed by atoms with Crippen LogP contribution in [-0.4, -0.2) is 21.9 Å². The lowest BCUT2D eigenvalue weighted by Gasteiger charge is -2.20. The normalized spacial score (nSPS) is 13.5. The molecule has 1 N–H and O–H groups in total. The molecule has 0 aliphatic rings. The molecule has 0 saturated heterocycles. The molecule has 14 heavy (non-hydrogen) atoms. The number of likely N-dealkylation sites (N-methyl/N-ethyl adjacent to an activating group) is 1. The van der Waals surface area contributed by atoms with Gasteiger partial charge in [-0.25, -0.2) is 4.98 Å². The van der Waals surface area contributed by atoms with E-state index in [9.17, 15) is 0 Å². The first kappa shape index (κ1) is 11.6. The van der Waals surface area contributed by atoms with E-state index in [1.54, 1.807) is 0 Å². The topological polar surface area (TPSA) is 37.8 Å². The predicted octanol–water partition coefficient (Wildman–Crippen LogP) is 2.02. The third-order valence-corrected chi connectivity index (χ3v) is 3.06. The third-order valence-electron chi connectivity index (χ3n) is 2.24. The molecule has 1 aromatic rings. The van der Waals surface area contributed by atoms with Crippen LogP contribution in [0.5, 0.6) is 0 Å². The van der Waals surface area contributed by atoms with Crippen LogP contribution in [0.3, 0.4) is 0 Å². The minimum Gasteiger partial charge on any atom is -0.314 e. The van der Waals surface area contributed by atoms with Crippen LogP contribution in [0.2, 0.25) is 0 Å². The fourth-order valence-electron chi connectivity index (χ4n) is 1.42. The second-order valence-corrected chi connectivity index (χ2v) is 4.68. The number of nitrogens with zero attached hydrogens (tertiary/aromatic N) is 2. The second-order valence-electron chi connectivity index (χ2n) is 3.85. The van der Waals surface area contributed by atoms with Gasteiger partial charge in [0.2, 0.25) is 0 Å². The molecule has 0 bridgehead atoms. The maximum Gasteiger partial charge on any atom is 0.139 e. The minimum atomic E-state index is 0.521. The van der Waals surface area contributed by atoms with Crippen LogP contribution in [0.15, 0.2) is 0 Å². The first-order valence-corrected chi connectivity index (χ1v) is 5.93. The SMILES string of the molecule is CCNC(Cc1nc(C)ns1)C(C)C. The molecule has 1 aromatic heterocycles. The van der Waals surface area contributed by atoms with Crippen LogP contribution in [0.25, 0.3) is 0 Å². The Balaban J connectivity index is 2.55. The highest BCUT2D eigenvalue weighted by atomic mass is 32.1. The second kappa shape index (κ2) is 5.41. The molecule has 0 aliphatic heterocycles. The number of hydrogen-bond donors (Lipinski definition) is 1. The number of aryl methyl sites for hydroxylation is 1. The van der Waals surface area contributed by atoms with Crippen LogP contribution in [0, 0.1) is 12.8 Å². The van der Waals surface area contributed by atoms with E-state index < -0.39 is 0 Å². The molecule has 0 radical (unpaired) electrons. The van der Waals surface area contributed by atoms with Gasteiger partial charge in [0.05, 0.1) is 0 Å². The van der Waals surface area contributed by atoms with Crippen molar-refractivity contribution >= 4 is 11.5 Å². The van der Waals surface area contributed by atoms with E-state index in [0.29, 0.717) is 12.0 Å². The van der Waals surface area contributed by atoms with E-state index >= 15 is 0 Å². The van der Waals surface area contributed by atoms with Crippen molar-refractivity contribution in [2.45, 2.75) is 40.2 Å². The molecule has 1 heterocycles. The summed E-state index contributed by atoms with van der Waals surface area (Å²) in [7, 11) is 0. The van der Waals surface area contributed by atoms with Gasteiger partial charge in [-0.05, 0) is 30.9 Å². The molecule has 0 amide bonds. The summed E-state index contributed by atoms with van der Waals surface area (Å²) in [5.74, 6) is 1.53. The Bertz CT molecular complexity index is 270. The molecule has 0 aliphatic carbocycles. The van der Waals surface area contributed by atoms with E-state index in [0.717, 1.165) is 23.8 Å². The van der Waals surface area contributed by atoms with Gasteiger partial charge >= 0.3 is 0 Å². The van der Waals surface area contributed by atoms with Gasteiger partial charge in [0.15, 0.2) is 0 Å². The molecule has 1 atom stereocenters. The summed E-state index contributed by atoms with van der Waals surface area (Å²) in [5.41, 5.74) is 0. The molecule has 0 fully saturated rings. The monoisotopic (exact) mass is 213 g/mol. The standard InChI is InChI=1S/C10H19N3S/c1-5-11-9(7(2)3)6-10-12-8(4)13-14-10/h7,9,11H,5-6H2,1-4H3. The fraction of sp³-hybridized carbons (Fsp3) is 0.800. The summed E-state index contributed by atoms with van der Waals surface area (Å²) < 4.78 is 4.19. The highest BCUT2D eigenvalue weighted by molar-refractivity contribution is 7.05. The van der Waals surface area contributed by atoms with Crippen LogP contribution >= 0.6 is 11.5 Å². The molecule has 4 heteroatoms. The van der Waals surface area contributed by atoms with Gasteiger partial charge in [-0.1, -0.05) is 20.8 Å². The third kappa shape index (κ3) is 3.35. The first-order valence-electron chi connectivity index (χ1n) is 5.16. The predicted molar refractivity (Wildman–Crippen MR) is 60.7 cm³/mol. The summed E-state index contributed by atoms with van der Waals surface area (Å²) in [4.78, 5) is 4.38. The zero-order valence-electron chi connectivity index (χ0n) is 9.37. The number of rotatable bonds is 5. The number of hydrogen-bond acceptors (Lipinski definition) is 4. The van der Waals surface area contributed by atoms with Crippen LogP contribution in [0.4, 0.5) is 0 Å². The van der Waals surface area contributed by atoms with Crippen molar-refractivity contribution in [3.63, 3.8) is 0 Å². The van der Waals surface area contributed by atoms with Gasteiger partial charge in [-0.15, -0.1) is 0 Å². The lowest BCUT2D eigenvalue weighted by atomic mass is 10.0. The molecule has 0 saturated carbocycles. The summed E-state index contributed by atoms with van der Waals surface area (Å²) >= 11 is 1.52. The van der Waals surface area contributed by atoms with Crippen LogP contribution in [0.1, 0.15) is 31.6 Å². The van der Waals surface area contributed by atoms with E-state index in [2.05, 4.69) is 35.4 Å². The van der Waals surface area contributed by atoms with Crippen molar-refractivity contribution in [3.8, 4) is 0 Å². The van der Waals surface area contributed by atoms with E-state index in [-0.39, 0.29) is 0 Å². The summed E-state index contributed by atoms with van der Waals surface area (Å²) in [6, 6.07) is 0.521. The first-order chi connectivity index (χ1) is 6.63. The number of aromatic nitrogens is 2. The number of nitrogens with one attached hydrogen (secondary N) is 1. The van der Waals surface area contributed by atoms with E-state index in [4.69, 9.17) is 0 Å².